The smallest absolute Gasteiger partial charge is 0.173 e. The van der Waals surface area contributed by atoms with Crippen molar-refractivity contribution in [3.63, 3.8) is 0 Å². The van der Waals surface area contributed by atoms with Gasteiger partial charge in [-0.2, -0.15) is 0 Å². The van der Waals surface area contributed by atoms with E-state index < -0.39 is 0 Å². The Hall–Kier alpha value is -0.190. The Kier molecular flexibility index (Phi) is 6.40. The Bertz CT molecular complexity index is 117. The van der Waals surface area contributed by atoms with E-state index in [1.54, 1.807) is 0 Å². The van der Waals surface area contributed by atoms with Crippen LogP contribution in [-0.2, 0) is 4.74 Å². The lowest BCUT2D eigenvalue weighted by atomic mass is 10.5. The fourth-order valence-electron chi connectivity index (χ4n) is 0.573. The van der Waals surface area contributed by atoms with Crippen LogP contribution in [0.3, 0.4) is 0 Å². The van der Waals surface area contributed by atoms with Crippen molar-refractivity contribution in [1.29, 1.82) is 0 Å². The van der Waals surface area contributed by atoms with E-state index in [2.05, 4.69) is 0 Å². The summed E-state index contributed by atoms with van der Waals surface area (Å²) in [5, 5.41) is 0.642. The molecule has 0 aliphatic heterocycles. The van der Waals surface area contributed by atoms with E-state index >= 15 is 0 Å². The molecule has 0 unspecified atom stereocenters. The molecule has 66 valence electrons. The van der Waals surface area contributed by atoms with Gasteiger partial charge in [-0.25, -0.2) is 0 Å². The second-order valence-corrected chi connectivity index (χ2v) is 3.06. The second-order valence-electron chi connectivity index (χ2n) is 2.60. The molecular weight excluding hydrogens is 160 g/mol. The van der Waals surface area contributed by atoms with Gasteiger partial charge in [0.25, 0.3) is 0 Å². The number of hydrogen-bond acceptors (Lipinski definition) is 4. The molecule has 0 aromatic rings. The molecule has 0 heterocycles. The predicted molar refractivity (Wildman–Crippen MR) is 50.8 cm³/mol. The number of ether oxygens (including phenoxy) is 1. The molecular formula is C7H16N2OS. The zero-order chi connectivity index (χ0) is 8.69. The van der Waals surface area contributed by atoms with Crippen molar-refractivity contribution in [2.24, 2.45) is 5.73 Å². The maximum atomic E-state index is 5.28. The third kappa shape index (κ3) is 7.71. The molecule has 0 spiro atoms. The van der Waals surface area contributed by atoms with Crippen LogP contribution in [0.5, 0.6) is 0 Å². The molecule has 0 fully saturated rings. The fourth-order valence-corrected chi connectivity index (χ4v) is 0.915. The number of thiocarbonyl (C=S) groups is 1. The van der Waals surface area contributed by atoms with E-state index in [0.29, 0.717) is 24.7 Å². The highest BCUT2D eigenvalue weighted by atomic mass is 32.1. The summed E-state index contributed by atoms with van der Waals surface area (Å²) >= 11 is 4.94. The van der Waals surface area contributed by atoms with E-state index in [0.717, 1.165) is 6.42 Å². The van der Waals surface area contributed by atoms with E-state index in [1.165, 1.54) is 0 Å². The summed E-state index contributed by atoms with van der Waals surface area (Å²) in [6, 6.07) is 0. The maximum absolute atomic E-state index is 5.28. The van der Waals surface area contributed by atoms with Crippen molar-refractivity contribution < 1.29 is 4.74 Å². The monoisotopic (exact) mass is 176 g/mol. The average Bonchev–Trinajstić information content (AvgIpc) is 1.86. The van der Waals surface area contributed by atoms with Crippen molar-refractivity contribution in [2.45, 2.75) is 6.42 Å². The van der Waals surface area contributed by atoms with Gasteiger partial charge in [0.15, 0.2) is 5.05 Å². The largest absolute Gasteiger partial charge is 0.486 e. The Morgan fingerprint density at radius 3 is 2.64 bits per heavy atom. The predicted octanol–water partition coefficient (Wildman–Crippen LogP) is 0.241. The van der Waals surface area contributed by atoms with Crippen molar-refractivity contribution in [1.82, 2.24) is 4.90 Å². The fraction of sp³-hybridized carbons (Fsp3) is 0.857. The van der Waals surface area contributed by atoms with Crippen molar-refractivity contribution in [3.8, 4) is 0 Å². The topological polar surface area (TPSA) is 38.5 Å². The Balaban J connectivity index is 3.23. The van der Waals surface area contributed by atoms with Crippen LogP contribution in [0.25, 0.3) is 0 Å². The number of likely N-dealkylation sites (N-methyl/N-ethyl adjacent to an activating group) is 1. The first-order chi connectivity index (χ1) is 5.16. The summed E-state index contributed by atoms with van der Waals surface area (Å²) in [5.74, 6) is 0. The van der Waals surface area contributed by atoms with Gasteiger partial charge in [0, 0.05) is 0 Å². The zero-order valence-electron chi connectivity index (χ0n) is 7.17. The van der Waals surface area contributed by atoms with Crippen molar-refractivity contribution in [3.05, 3.63) is 0 Å². The highest BCUT2D eigenvalue weighted by Gasteiger charge is 1.97. The average molecular weight is 176 g/mol. The standard InChI is InChI=1S/C7H16N2OS/c1-9(2)6-7(11)10-5-3-4-8/h3-6,8H2,1-2H3. The van der Waals surface area contributed by atoms with Crippen LogP contribution in [0.4, 0.5) is 0 Å². The quantitative estimate of drug-likeness (QED) is 0.481. The molecule has 2 N–H and O–H groups in total. The molecule has 0 bridgehead atoms. The minimum absolute atomic E-state index is 0.642. The van der Waals surface area contributed by atoms with Crippen LogP contribution >= 0.6 is 12.2 Å². The molecule has 0 aliphatic carbocycles. The van der Waals surface area contributed by atoms with Crippen molar-refractivity contribution >= 4 is 17.3 Å². The van der Waals surface area contributed by atoms with Gasteiger partial charge >= 0.3 is 0 Å². The number of rotatable bonds is 5. The Morgan fingerprint density at radius 2 is 2.18 bits per heavy atom. The lowest BCUT2D eigenvalue weighted by molar-refractivity contribution is 0.288. The lowest BCUT2D eigenvalue weighted by Gasteiger charge is -2.11. The van der Waals surface area contributed by atoms with Gasteiger partial charge in [0.05, 0.1) is 13.2 Å². The van der Waals surface area contributed by atoms with Crippen LogP contribution in [0.1, 0.15) is 6.42 Å². The van der Waals surface area contributed by atoms with Gasteiger partial charge in [0.1, 0.15) is 0 Å². The summed E-state index contributed by atoms with van der Waals surface area (Å²) in [6.45, 7) is 2.01. The highest BCUT2D eigenvalue weighted by molar-refractivity contribution is 7.80. The first kappa shape index (κ1) is 10.8. The summed E-state index contributed by atoms with van der Waals surface area (Å²) in [5.41, 5.74) is 5.28. The van der Waals surface area contributed by atoms with Gasteiger partial charge in [0.2, 0.25) is 0 Å². The van der Waals surface area contributed by atoms with E-state index in [4.69, 9.17) is 22.7 Å². The van der Waals surface area contributed by atoms with E-state index in [-0.39, 0.29) is 0 Å². The van der Waals surface area contributed by atoms with Crippen molar-refractivity contribution in [2.75, 3.05) is 33.8 Å². The van der Waals surface area contributed by atoms with Crippen LogP contribution in [0, 0.1) is 0 Å². The summed E-state index contributed by atoms with van der Waals surface area (Å²) in [7, 11) is 3.91. The summed E-state index contributed by atoms with van der Waals surface area (Å²) < 4.78 is 5.20. The minimum atomic E-state index is 0.642. The third-order valence-electron chi connectivity index (χ3n) is 1.06. The molecule has 0 saturated heterocycles. The second kappa shape index (κ2) is 6.52. The molecule has 3 nitrogen and oxygen atoms in total. The first-order valence-electron chi connectivity index (χ1n) is 3.67. The molecule has 0 aromatic heterocycles. The first-order valence-corrected chi connectivity index (χ1v) is 4.08. The molecule has 0 atom stereocenters. The molecule has 0 aromatic carbocycles. The molecule has 0 amide bonds. The Morgan fingerprint density at radius 1 is 1.55 bits per heavy atom. The SMILES string of the molecule is CN(C)CC(=S)OCCCN. The molecule has 11 heavy (non-hydrogen) atoms. The molecule has 0 aliphatic rings. The number of nitrogens with two attached hydrogens (primary N) is 1. The Labute approximate surface area is 73.5 Å². The highest BCUT2D eigenvalue weighted by Crippen LogP contribution is 1.87. The summed E-state index contributed by atoms with van der Waals surface area (Å²) in [4.78, 5) is 1.98. The normalized spacial score (nSPS) is 10.2. The van der Waals surface area contributed by atoms with Crippen LogP contribution < -0.4 is 5.73 Å². The van der Waals surface area contributed by atoms with Gasteiger partial charge in [-0.05, 0) is 39.3 Å². The van der Waals surface area contributed by atoms with Gasteiger partial charge in [-0.15, -0.1) is 0 Å². The molecule has 0 rings (SSSR count). The lowest BCUT2D eigenvalue weighted by Crippen LogP contribution is -2.22. The summed E-state index contributed by atoms with van der Waals surface area (Å²) in [6.07, 6.45) is 0.869. The molecule has 0 saturated carbocycles. The van der Waals surface area contributed by atoms with Crippen LogP contribution in [0.2, 0.25) is 0 Å². The maximum Gasteiger partial charge on any atom is 0.173 e. The molecule has 4 heteroatoms. The minimum Gasteiger partial charge on any atom is -0.486 e. The number of nitrogens with zero attached hydrogens (tertiary/aromatic N) is 1. The third-order valence-corrected chi connectivity index (χ3v) is 1.30. The number of hydrogen-bond donors (Lipinski definition) is 1. The van der Waals surface area contributed by atoms with E-state index in [1.807, 2.05) is 19.0 Å². The van der Waals surface area contributed by atoms with E-state index in [9.17, 15) is 0 Å². The van der Waals surface area contributed by atoms with Gasteiger partial charge in [-0.1, -0.05) is 0 Å². The van der Waals surface area contributed by atoms with Gasteiger partial charge < -0.3 is 15.4 Å². The molecule has 0 radical (unpaired) electrons. The van der Waals surface area contributed by atoms with Gasteiger partial charge in [-0.3, -0.25) is 0 Å². The van der Waals surface area contributed by atoms with Crippen LogP contribution in [-0.4, -0.2) is 43.7 Å². The zero-order valence-corrected chi connectivity index (χ0v) is 7.99. The van der Waals surface area contributed by atoms with Crippen LogP contribution in [0.15, 0.2) is 0 Å².